The van der Waals surface area contributed by atoms with E-state index < -0.39 is 11.8 Å². The molecule has 0 fully saturated rings. The van der Waals surface area contributed by atoms with Crippen LogP contribution in [-0.2, 0) is 12.8 Å². The van der Waals surface area contributed by atoms with E-state index in [-0.39, 0.29) is 5.69 Å². The van der Waals surface area contributed by atoms with Crippen LogP contribution in [0.4, 0.5) is 0 Å². The van der Waals surface area contributed by atoms with Gasteiger partial charge in [0.15, 0.2) is 5.69 Å². The second-order valence-electron chi connectivity index (χ2n) is 6.25. The summed E-state index contributed by atoms with van der Waals surface area (Å²) in [6, 6.07) is 14.8. The third-order valence-corrected chi connectivity index (χ3v) is 4.69. The molecule has 2 aromatic carbocycles. The number of methoxy groups -OCH3 is 1. The van der Waals surface area contributed by atoms with E-state index in [0.29, 0.717) is 23.4 Å². The van der Waals surface area contributed by atoms with Crippen molar-refractivity contribution in [2.45, 2.75) is 12.8 Å². The van der Waals surface area contributed by atoms with E-state index in [1.807, 2.05) is 24.3 Å². The number of para-hydroxylation sites is 1. The number of fused-ring (bicyclic) bond motifs is 3. The summed E-state index contributed by atoms with van der Waals surface area (Å²) in [6.07, 6.45) is 1.42. The maximum absolute atomic E-state index is 12.8. The molecule has 3 aromatic rings. The van der Waals surface area contributed by atoms with Crippen molar-refractivity contribution in [1.29, 1.82) is 0 Å². The number of nitrogens with one attached hydrogen (secondary N) is 1. The first kappa shape index (κ1) is 16.8. The topological polar surface area (TPSA) is 99.2 Å². The minimum absolute atomic E-state index is 0.180. The smallest absolute Gasteiger partial charge is 0.275 e. The first-order valence-corrected chi connectivity index (χ1v) is 8.54. The number of aryl methyl sites for hydroxylation is 1. The summed E-state index contributed by atoms with van der Waals surface area (Å²) in [5.41, 5.74) is 12.3. The molecule has 1 heterocycles. The van der Waals surface area contributed by atoms with Crippen LogP contribution in [0.2, 0.25) is 0 Å². The fourth-order valence-corrected chi connectivity index (χ4v) is 3.46. The molecule has 7 nitrogen and oxygen atoms in total. The molecule has 1 aliphatic carbocycles. The number of nitrogens with zero attached hydrogens (tertiary/aromatic N) is 2. The molecule has 4 rings (SSSR count). The molecule has 0 saturated carbocycles. The third-order valence-electron chi connectivity index (χ3n) is 4.69. The van der Waals surface area contributed by atoms with Crippen molar-refractivity contribution >= 4 is 11.8 Å². The lowest BCUT2D eigenvalue weighted by Gasteiger charge is -2.18. The summed E-state index contributed by atoms with van der Waals surface area (Å²) < 4.78 is 5.25. The number of hydrogen-bond acceptors (Lipinski definition) is 4. The summed E-state index contributed by atoms with van der Waals surface area (Å²) >= 11 is 0. The molecule has 1 aliphatic rings. The summed E-state index contributed by atoms with van der Waals surface area (Å²) in [4.78, 5) is 26.0. The zero-order valence-electron chi connectivity index (χ0n) is 14.7. The normalized spacial score (nSPS) is 12.0. The number of nitrogens with two attached hydrogens (primary N) is 1. The lowest BCUT2D eigenvalue weighted by molar-refractivity contribution is 0.0982. The Morgan fingerprint density at radius 3 is 2.63 bits per heavy atom. The van der Waals surface area contributed by atoms with E-state index in [4.69, 9.17) is 10.5 Å². The summed E-state index contributed by atoms with van der Waals surface area (Å²) in [6.45, 7) is 0. The fraction of sp³-hybridized carbons (Fsp3) is 0.150. The van der Waals surface area contributed by atoms with E-state index in [2.05, 4.69) is 10.5 Å². The van der Waals surface area contributed by atoms with Gasteiger partial charge in [-0.25, -0.2) is 5.43 Å². The van der Waals surface area contributed by atoms with Crippen molar-refractivity contribution in [2.75, 3.05) is 12.5 Å². The predicted molar refractivity (Wildman–Crippen MR) is 100 cm³/mol. The van der Waals surface area contributed by atoms with Crippen LogP contribution in [0, 0.1) is 0 Å². The average Bonchev–Trinajstić information content (AvgIpc) is 3.07. The Morgan fingerprint density at radius 2 is 1.85 bits per heavy atom. The largest absolute Gasteiger partial charge is 0.496 e. The Labute approximate surface area is 155 Å². The number of hydrogen-bond donors (Lipinski definition) is 2. The van der Waals surface area contributed by atoms with Gasteiger partial charge in [0.25, 0.3) is 11.8 Å². The molecule has 0 bridgehead atoms. The lowest BCUT2D eigenvalue weighted by Crippen LogP contribution is -2.26. The maximum atomic E-state index is 12.8. The van der Waals surface area contributed by atoms with Crippen LogP contribution < -0.4 is 15.9 Å². The first-order chi connectivity index (χ1) is 13.1. The Balaban J connectivity index is 1.81. The minimum Gasteiger partial charge on any atom is -0.496 e. The number of aromatic nitrogens is 2. The van der Waals surface area contributed by atoms with Crippen molar-refractivity contribution in [2.24, 2.45) is 5.73 Å². The first-order valence-electron chi connectivity index (χ1n) is 8.54. The monoisotopic (exact) mass is 362 g/mol. The third kappa shape index (κ3) is 2.83. The fourth-order valence-electron chi connectivity index (χ4n) is 3.46. The molecule has 0 spiro atoms. The van der Waals surface area contributed by atoms with Crippen LogP contribution in [-0.4, -0.2) is 28.8 Å². The molecule has 0 unspecified atom stereocenters. The SMILES string of the molecule is COc1ccccc1C(=O)Nn1nc(C(N)=O)c2c1-c1ccccc1CC2. The van der Waals surface area contributed by atoms with Crippen LogP contribution >= 0.6 is 0 Å². The standard InChI is InChI=1S/C20H18N4O3/c1-27-16-9-5-4-8-14(16)20(26)23-24-18-13-7-3-2-6-12(13)10-11-15(18)17(22-24)19(21)25/h2-9H,10-11H2,1H3,(H2,21,25)(H,23,26). The number of primary amides is 1. The highest BCUT2D eigenvalue weighted by Gasteiger charge is 2.28. The van der Waals surface area contributed by atoms with Crippen molar-refractivity contribution in [3.05, 3.63) is 70.9 Å². The van der Waals surface area contributed by atoms with Crippen LogP contribution in [0.5, 0.6) is 5.75 Å². The Morgan fingerprint density at radius 1 is 1.11 bits per heavy atom. The average molecular weight is 362 g/mol. The zero-order valence-corrected chi connectivity index (χ0v) is 14.7. The van der Waals surface area contributed by atoms with E-state index in [1.165, 1.54) is 11.9 Å². The molecular formula is C20H18N4O3. The Kier molecular flexibility index (Phi) is 4.12. The van der Waals surface area contributed by atoms with Crippen molar-refractivity contribution in [3.63, 3.8) is 0 Å². The summed E-state index contributed by atoms with van der Waals surface area (Å²) in [5, 5.41) is 4.28. The van der Waals surface area contributed by atoms with Gasteiger partial charge in [-0.15, -0.1) is 5.10 Å². The van der Waals surface area contributed by atoms with Gasteiger partial charge in [0, 0.05) is 11.1 Å². The number of amides is 2. The summed E-state index contributed by atoms with van der Waals surface area (Å²) in [5.74, 6) is -0.556. The summed E-state index contributed by atoms with van der Waals surface area (Å²) in [7, 11) is 1.50. The zero-order chi connectivity index (χ0) is 19.0. The molecule has 27 heavy (non-hydrogen) atoms. The minimum atomic E-state index is -0.615. The second-order valence-corrected chi connectivity index (χ2v) is 6.25. The van der Waals surface area contributed by atoms with Gasteiger partial charge in [-0.05, 0) is 30.5 Å². The highest BCUT2D eigenvalue weighted by molar-refractivity contribution is 6.03. The molecule has 1 aromatic heterocycles. The molecule has 0 saturated heterocycles. The van der Waals surface area contributed by atoms with E-state index in [1.54, 1.807) is 24.3 Å². The number of ether oxygens (including phenoxy) is 1. The molecule has 0 aliphatic heterocycles. The van der Waals surface area contributed by atoms with Crippen LogP contribution in [0.3, 0.4) is 0 Å². The van der Waals surface area contributed by atoms with Gasteiger partial charge in [0.05, 0.1) is 18.4 Å². The van der Waals surface area contributed by atoms with Crippen molar-refractivity contribution in [1.82, 2.24) is 9.89 Å². The number of carbonyl (C=O) groups is 2. The van der Waals surface area contributed by atoms with Gasteiger partial charge < -0.3 is 10.5 Å². The van der Waals surface area contributed by atoms with Crippen molar-refractivity contribution in [3.8, 4) is 17.0 Å². The highest BCUT2D eigenvalue weighted by Crippen LogP contribution is 2.34. The lowest BCUT2D eigenvalue weighted by atomic mass is 9.89. The molecule has 136 valence electrons. The number of benzene rings is 2. The molecule has 2 amide bonds. The van der Waals surface area contributed by atoms with Gasteiger partial charge in [0.1, 0.15) is 5.75 Å². The van der Waals surface area contributed by atoms with Crippen molar-refractivity contribution < 1.29 is 14.3 Å². The van der Waals surface area contributed by atoms with Gasteiger partial charge in [-0.2, -0.15) is 4.79 Å². The number of carbonyl (C=O) groups excluding carboxylic acids is 2. The molecular weight excluding hydrogens is 344 g/mol. The van der Waals surface area contributed by atoms with Gasteiger partial charge in [-0.1, -0.05) is 36.4 Å². The van der Waals surface area contributed by atoms with Crippen LogP contribution in [0.1, 0.15) is 32.0 Å². The Hall–Kier alpha value is -3.61. The number of rotatable bonds is 4. The molecule has 0 radical (unpaired) electrons. The predicted octanol–water partition coefficient (Wildman–Crippen LogP) is 2.14. The highest BCUT2D eigenvalue weighted by atomic mass is 16.5. The second kappa shape index (κ2) is 6.60. The van der Waals surface area contributed by atoms with E-state index >= 15 is 0 Å². The molecule has 0 atom stereocenters. The van der Waals surface area contributed by atoms with Gasteiger partial charge >= 0.3 is 0 Å². The molecule has 3 N–H and O–H groups in total. The van der Waals surface area contributed by atoms with Gasteiger partial charge in [-0.3, -0.25) is 9.59 Å². The van der Waals surface area contributed by atoms with E-state index in [0.717, 1.165) is 23.1 Å². The molecule has 7 heteroatoms. The van der Waals surface area contributed by atoms with Crippen LogP contribution in [0.15, 0.2) is 48.5 Å². The van der Waals surface area contributed by atoms with Crippen LogP contribution in [0.25, 0.3) is 11.3 Å². The van der Waals surface area contributed by atoms with E-state index in [9.17, 15) is 9.59 Å². The quantitative estimate of drug-likeness (QED) is 0.743. The Bertz CT molecular complexity index is 1060. The maximum Gasteiger partial charge on any atom is 0.275 e. The van der Waals surface area contributed by atoms with Gasteiger partial charge in [0.2, 0.25) is 0 Å².